The summed E-state index contributed by atoms with van der Waals surface area (Å²) in [5.74, 6) is 1.00. The molecule has 20 heavy (non-hydrogen) atoms. The average molecular weight is 270 g/mol. The molecule has 0 saturated heterocycles. The molecule has 0 N–H and O–H groups in total. The van der Waals surface area contributed by atoms with Gasteiger partial charge in [0.05, 0.1) is 14.2 Å². The second kappa shape index (κ2) is 6.02. The van der Waals surface area contributed by atoms with Gasteiger partial charge in [-0.15, -0.1) is 0 Å². The number of ketones is 1. The Morgan fingerprint density at radius 2 is 1.55 bits per heavy atom. The lowest BCUT2D eigenvalue weighted by Gasteiger charge is -2.07. The third-order valence-corrected chi connectivity index (χ3v) is 2.98. The van der Waals surface area contributed by atoms with Crippen molar-refractivity contribution < 1.29 is 19.1 Å². The van der Waals surface area contributed by atoms with Gasteiger partial charge < -0.3 is 9.47 Å². The first kappa shape index (κ1) is 13.8. The Balaban J connectivity index is 2.39. The first-order valence-corrected chi connectivity index (χ1v) is 6.01. The Hall–Kier alpha value is -2.62. The maximum absolute atomic E-state index is 12.4. The molecule has 102 valence electrons. The van der Waals surface area contributed by atoms with Gasteiger partial charge >= 0.3 is 0 Å². The monoisotopic (exact) mass is 270 g/mol. The number of rotatable bonds is 5. The van der Waals surface area contributed by atoms with Crippen LogP contribution < -0.4 is 9.47 Å². The summed E-state index contributed by atoms with van der Waals surface area (Å²) in [5, 5.41) is 0. The molecule has 0 heterocycles. The van der Waals surface area contributed by atoms with Crippen LogP contribution in [0.15, 0.2) is 42.5 Å². The van der Waals surface area contributed by atoms with E-state index in [4.69, 9.17) is 9.47 Å². The number of hydrogen-bond acceptors (Lipinski definition) is 4. The van der Waals surface area contributed by atoms with E-state index in [2.05, 4.69) is 0 Å². The summed E-state index contributed by atoms with van der Waals surface area (Å²) in [4.78, 5) is 23.5. The van der Waals surface area contributed by atoms with Crippen LogP contribution >= 0.6 is 0 Å². The molecule has 0 bridgehead atoms. The van der Waals surface area contributed by atoms with Crippen LogP contribution in [0.2, 0.25) is 0 Å². The lowest BCUT2D eigenvalue weighted by Crippen LogP contribution is -2.05. The highest BCUT2D eigenvalue weighted by Crippen LogP contribution is 2.20. The molecule has 2 aromatic rings. The lowest BCUT2D eigenvalue weighted by atomic mass is 9.98. The number of carbonyl (C=O) groups is 2. The molecular weight excluding hydrogens is 256 g/mol. The summed E-state index contributed by atoms with van der Waals surface area (Å²) in [6.45, 7) is 0. The third kappa shape index (κ3) is 2.69. The minimum absolute atomic E-state index is 0.211. The van der Waals surface area contributed by atoms with Crippen LogP contribution in [-0.2, 0) is 0 Å². The van der Waals surface area contributed by atoms with Crippen molar-refractivity contribution in [3.8, 4) is 11.5 Å². The van der Waals surface area contributed by atoms with Crippen molar-refractivity contribution in [2.45, 2.75) is 0 Å². The van der Waals surface area contributed by atoms with Crippen LogP contribution in [0.25, 0.3) is 0 Å². The molecule has 2 aromatic carbocycles. The minimum atomic E-state index is -0.211. The smallest absolute Gasteiger partial charge is 0.193 e. The molecule has 2 rings (SSSR count). The van der Waals surface area contributed by atoms with Gasteiger partial charge in [-0.1, -0.05) is 0 Å². The molecule has 0 aliphatic heterocycles. The van der Waals surface area contributed by atoms with Gasteiger partial charge in [0.15, 0.2) is 12.1 Å². The van der Waals surface area contributed by atoms with Gasteiger partial charge in [0.2, 0.25) is 0 Å². The first-order valence-electron chi connectivity index (χ1n) is 6.01. The SMILES string of the molecule is COc1ccc(C(=O)c2ccc(OC)cc2C=O)cc1. The second-order valence-corrected chi connectivity index (χ2v) is 4.13. The first-order chi connectivity index (χ1) is 9.69. The van der Waals surface area contributed by atoms with E-state index in [0.717, 1.165) is 0 Å². The minimum Gasteiger partial charge on any atom is -0.497 e. The zero-order valence-electron chi connectivity index (χ0n) is 11.3. The Morgan fingerprint density at radius 1 is 0.950 bits per heavy atom. The van der Waals surface area contributed by atoms with Gasteiger partial charge in [-0.2, -0.15) is 0 Å². The van der Waals surface area contributed by atoms with Gasteiger partial charge in [0, 0.05) is 16.7 Å². The van der Waals surface area contributed by atoms with Crippen molar-refractivity contribution in [1.82, 2.24) is 0 Å². The van der Waals surface area contributed by atoms with E-state index < -0.39 is 0 Å². The third-order valence-electron chi connectivity index (χ3n) is 2.98. The van der Waals surface area contributed by atoms with Crippen molar-refractivity contribution in [3.05, 3.63) is 59.2 Å². The standard InChI is InChI=1S/C16H14O4/c1-19-13-5-3-11(4-6-13)16(18)15-8-7-14(20-2)9-12(15)10-17/h3-10H,1-2H3. The van der Waals surface area contributed by atoms with Crippen LogP contribution in [0.5, 0.6) is 11.5 Å². The molecule has 0 aliphatic rings. The van der Waals surface area contributed by atoms with E-state index in [1.165, 1.54) is 7.11 Å². The topological polar surface area (TPSA) is 52.6 Å². The number of carbonyl (C=O) groups excluding carboxylic acids is 2. The summed E-state index contributed by atoms with van der Waals surface area (Å²) in [7, 11) is 3.07. The summed E-state index contributed by atoms with van der Waals surface area (Å²) in [6, 6.07) is 11.5. The predicted octanol–water partition coefficient (Wildman–Crippen LogP) is 2.75. The average Bonchev–Trinajstić information content (AvgIpc) is 2.53. The van der Waals surface area contributed by atoms with E-state index in [0.29, 0.717) is 34.5 Å². The van der Waals surface area contributed by atoms with E-state index in [1.807, 2.05) is 0 Å². The molecule has 0 aliphatic carbocycles. The molecular formula is C16H14O4. The fraction of sp³-hybridized carbons (Fsp3) is 0.125. The molecule has 0 unspecified atom stereocenters. The van der Waals surface area contributed by atoms with E-state index in [-0.39, 0.29) is 5.78 Å². The molecule has 0 fully saturated rings. The second-order valence-electron chi connectivity index (χ2n) is 4.13. The zero-order valence-corrected chi connectivity index (χ0v) is 11.3. The highest BCUT2D eigenvalue weighted by atomic mass is 16.5. The Labute approximate surface area is 116 Å². The molecule has 0 aromatic heterocycles. The summed E-state index contributed by atoms with van der Waals surface area (Å²) in [6.07, 6.45) is 0.652. The zero-order chi connectivity index (χ0) is 14.5. The van der Waals surface area contributed by atoms with Crippen LogP contribution in [0.4, 0.5) is 0 Å². The number of benzene rings is 2. The van der Waals surface area contributed by atoms with Crippen LogP contribution in [0, 0.1) is 0 Å². The number of ether oxygens (including phenoxy) is 2. The molecule has 0 radical (unpaired) electrons. The molecule has 4 nitrogen and oxygen atoms in total. The summed E-state index contributed by atoms with van der Waals surface area (Å²) in [5.41, 5.74) is 1.16. The molecule has 0 spiro atoms. The summed E-state index contributed by atoms with van der Waals surface area (Å²) >= 11 is 0. The molecule has 4 heteroatoms. The number of methoxy groups -OCH3 is 2. The Morgan fingerprint density at radius 3 is 2.10 bits per heavy atom. The normalized spacial score (nSPS) is 9.90. The van der Waals surface area contributed by atoms with Crippen LogP contribution in [0.1, 0.15) is 26.3 Å². The Bertz CT molecular complexity index is 629. The molecule has 0 amide bonds. The van der Waals surface area contributed by atoms with E-state index in [1.54, 1.807) is 49.6 Å². The largest absolute Gasteiger partial charge is 0.497 e. The number of hydrogen-bond donors (Lipinski definition) is 0. The predicted molar refractivity (Wildman–Crippen MR) is 74.8 cm³/mol. The lowest BCUT2D eigenvalue weighted by molar-refractivity contribution is 0.102. The van der Waals surface area contributed by atoms with Crippen molar-refractivity contribution in [2.75, 3.05) is 14.2 Å². The maximum atomic E-state index is 12.4. The fourth-order valence-corrected chi connectivity index (χ4v) is 1.87. The molecule has 0 saturated carbocycles. The summed E-state index contributed by atoms with van der Waals surface area (Å²) < 4.78 is 10.1. The van der Waals surface area contributed by atoms with E-state index >= 15 is 0 Å². The highest BCUT2D eigenvalue weighted by Gasteiger charge is 2.14. The van der Waals surface area contributed by atoms with Gasteiger partial charge in [0.25, 0.3) is 0 Å². The van der Waals surface area contributed by atoms with Crippen molar-refractivity contribution >= 4 is 12.1 Å². The Kier molecular flexibility index (Phi) is 4.15. The van der Waals surface area contributed by atoms with Gasteiger partial charge in [-0.25, -0.2) is 0 Å². The van der Waals surface area contributed by atoms with Crippen LogP contribution in [0.3, 0.4) is 0 Å². The van der Waals surface area contributed by atoms with E-state index in [9.17, 15) is 9.59 Å². The maximum Gasteiger partial charge on any atom is 0.193 e. The quantitative estimate of drug-likeness (QED) is 0.619. The number of aldehydes is 1. The van der Waals surface area contributed by atoms with Gasteiger partial charge in [-0.05, 0) is 42.5 Å². The van der Waals surface area contributed by atoms with Crippen molar-refractivity contribution in [3.63, 3.8) is 0 Å². The van der Waals surface area contributed by atoms with Crippen molar-refractivity contribution in [2.24, 2.45) is 0 Å². The fourth-order valence-electron chi connectivity index (χ4n) is 1.87. The van der Waals surface area contributed by atoms with Crippen molar-refractivity contribution in [1.29, 1.82) is 0 Å². The highest BCUT2D eigenvalue weighted by molar-refractivity contribution is 6.12. The molecule has 0 atom stereocenters. The van der Waals surface area contributed by atoms with Gasteiger partial charge in [0.1, 0.15) is 11.5 Å². The van der Waals surface area contributed by atoms with Gasteiger partial charge in [-0.3, -0.25) is 9.59 Å². The van der Waals surface area contributed by atoms with Crippen LogP contribution in [-0.4, -0.2) is 26.3 Å².